The Hall–Kier alpha value is -1.97. The third-order valence-electron chi connectivity index (χ3n) is 4.79. The lowest BCUT2D eigenvalue weighted by Gasteiger charge is -2.10. The Morgan fingerprint density at radius 3 is 2.00 bits per heavy atom. The molecule has 0 saturated heterocycles. The summed E-state index contributed by atoms with van der Waals surface area (Å²) in [5.74, 6) is 0. The molecule has 1 aromatic heterocycles. The fourth-order valence-corrected chi connectivity index (χ4v) is 3.77. The normalized spacial score (nSPS) is 11.1. The third-order valence-corrected chi connectivity index (χ3v) is 6.27. The first-order valence-electron chi connectivity index (χ1n) is 8.95. The molecule has 4 rings (SSSR count). The minimum atomic E-state index is 0.494. The number of rotatable bonds is 4. The van der Waals surface area contributed by atoms with Crippen molar-refractivity contribution >= 4 is 46.4 Å². The van der Waals surface area contributed by atoms with Gasteiger partial charge in [0.25, 0.3) is 0 Å². The van der Waals surface area contributed by atoms with Gasteiger partial charge in [-0.15, -0.1) is 0 Å². The number of aromatic nitrogens is 2. The maximum absolute atomic E-state index is 6.27. The molecule has 0 spiro atoms. The summed E-state index contributed by atoms with van der Waals surface area (Å²) >= 11 is 24.7. The van der Waals surface area contributed by atoms with Gasteiger partial charge in [-0.3, -0.25) is 4.68 Å². The Morgan fingerprint density at radius 2 is 1.34 bits per heavy atom. The van der Waals surface area contributed by atoms with Crippen LogP contribution in [0.1, 0.15) is 11.1 Å². The van der Waals surface area contributed by atoms with E-state index in [9.17, 15) is 0 Å². The number of aryl methyl sites for hydroxylation is 1. The number of hydrogen-bond donors (Lipinski definition) is 0. The topological polar surface area (TPSA) is 17.8 Å². The van der Waals surface area contributed by atoms with Crippen LogP contribution in [0.5, 0.6) is 0 Å². The largest absolute Gasteiger partial charge is 0.260 e. The van der Waals surface area contributed by atoms with Crippen molar-refractivity contribution in [1.82, 2.24) is 9.78 Å². The predicted octanol–water partition coefficient (Wildman–Crippen LogP) is 8.19. The number of hydrogen-bond acceptors (Lipinski definition) is 1. The molecule has 0 N–H and O–H groups in total. The lowest BCUT2D eigenvalue weighted by atomic mass is 10.1. The number of halogens is 4. The first-order valence-corrected chi connectivity index (χ1v) is 10.5. The van der Waals surface area contributed by atoms with E-state index in [1.807, 2.05) is 47.1 Å². The lowest BCUT2D eigenvalue weighted by molar-refractivity contribution is 0.694. The first-order chi connectivity index (χ1) is 13.9. The second-order valence-corrected chi connectivity index (χ2v) is 8.39. The minimum Gasteiger partial charge on any atom is -0.260 e. The van der Waals surface area contributed by atoms with Gasteiger partial charge in [0.15, 0.2) is 0 Å². The van der Waals surface area contributed by atoms with E-state index in [2.05, 4.69) is 19.1 Å². The predicted molar refractivity (Wildman–Crippen MR) is 123 cm³/mol. The molecule has 146 valence electrons. The van der Waals surface area contributed by atoms with E-state index >= 15 is 0 Å². The van der Waals surface area contributed by atoms with Gasteiger partial charge < -0.3 is 0 Å². The summed E-state index contributed by atoms with van der Waals surface area (Å²) < 4.78 is 1.97. The molecule has 0 fully saturated rings. The zero-order chi connectivity index (χ0) is 20.5. The van der Waals surface area contributed by atoms with Crippen molar-refractivity contribution in [2.45, 2.75) is 13.5 Å². The SMILES string of the molecule is Cc1ccccc1Cn1nc(-c2ccc(Cl)c(Cl)c2)cc1-c1ccc(Cl)c(Cl)c1. The number of nitrogens with zero attached hydrogens (tertiary/aromatic N) is 2. The molecule has 1 heterocycles. The van der Waals surface area contributed by atoms with Crippen molar-refractivity contribution < 1.29 is 0 Å². The molecule has 0 atom stereocenters. The van der Waals surface area contributed by atoms with Crippen LogP contribution in [0.25, 0.3) is 22.5 Å². The molecule has 3 aromatic carbocycles. The van der Waals surface area contributed by atoms with Crippen molar-refractivity contribution in [2.24, 2.45) is 0 Å². The zero-order valence-electron chi connectivity index (χ0n) is 15.5. The van der Waals surface area contributed by atoms with E-state index in [-0.39, 0.29) is 0 Å². The molecule has 0 aliphatic carbocycles. The first kappa shape index (κ1) is 20.3. The highest BCUT2D eigenvalue weighted by molar-refractivity contribution is 6.42. The second kappa shape index (κ2) is 8.41. The van der Waals surface area contributed by atoms with Crippen molar-refractivity contribution in [3.05, 3.63) is 97.9 Å². The molecule has 0 saturated carbocycles. The van der Waals surface area contributed by atoms with Crippen molar-refractivity contribution in [3.63, 3.8) is 0 Å². The summed E-state index contributed by atoms with van der Waals surface area (Å²) in [6.45, 7) is 2.72. The van der Waals surface area contributed by atoms with Gasteiger partial charge in [0.2, 0.25) is 0 Å². The van der Waals surface area contributed by atoms with E-state index in [0.29, 0.717) is 26.6 Å². The maximum atomic E-state index is 6.27. The van der Waals surface area contributed by atoms with Gasteiger partial charge in [0.05, 0.1) is 38.0 Å². The average molecular weight is 462 g/mol. The molecule has 0 amide bonds. The summed E-state index contributed by atoms with van der Waals surface area (Å²) in [5.41, 5.74) is 5.97. The maximum Gasteiger partial charge on any atom is 0.0930 e. The average Bonchev–Trinajstić information content (AvgIpc) is 3.12. The highest BCUT2D eigenvalue weighted by atomic mass is 35.5. The lowest BCUT2D eigenvalue weighted by Crippen LogP contribution is -2.05. The zero-order valence-corrected chi connectivity index (χ0v) is 18.5. The molecule has 0 bridgehead atoms. The van der Waals surface area contributed by atoms with E-state index in [4.69, 9.17) is 51.5 Å². The second-order valence-electron chi connectivity index (χ2n) is 6.76. The van der Waals surface area contributed by atoms with Crippen LogP contribution < -0.4 is 0 Å². The monoisotopic (exact) mass is 460 g/mol. The smallest absolute Gasteiger partial charge is 0.0930 e. The van der Waals surface area contributed by atoms with Crippen LogP contribution in [0.15, 0.2) is 66.7 Å². The van der Waals surface area contributed by atoms with Crippen LogP contribution in [-0.4, -0.2) is 9.78 Å². The van der Waals surface area contributed by atoms with Gasteiger partial charge in [-0.25, -0.2) is 0 Å². The Bertz CT molecular complexity index is 1200. The van der Waals surface area contributed by atoms with Crippen molar-refractivity contribution in [3.8, 4) is 22.5 Å². The molecule has 0 aliphatic rings. The van der Waals surface area contributed by atoms with Crippen molar-refractivity contribution in [1.29, 1.82) is 0 Å². The quantitative estimate of drug-likeness (QED) is 0.299. The van der Waals surface area contributed by atoms with Crippen LogP contribution in [-0.2, 0) is 6.54 Å². The van der Waals surface area contributed by atoms with Gasteiger partial charge in [-0.1, -0.05) is 82.8 Å². The molecule has 6 heteroatoms. The van der Waals surface area contributed by atoms with Gasteiger partial charge in [-0.05, 0) is 48.4 Å². The van der Waals surface area contributed by atoms with Gasteiger partial charge in [0, 0.05) is 11.1 Å². The fourth-order valence-electron chi connectivity index (χ4n) is 3.17. The Kier molecular flexibility index (Phi) is 5.89. The molecule has 0 radical (unpaired) electrons. The molecule has 2 nitrogen and oxygen atoms in total. The Balaban J connectivity index is 1.84. The third kappa shape index (κ3) is 4.31. The molecular formula is C23H16Cl4N2. The molecule has 0 aliphatic heterocycles. The minimum absolute atomic E-state index is 0.494. The van der Waals surface area contributed by atoms with Gasteiger partial charge in [-0.2, -0.15) is 5.10 Å². The molecule has 29 heavy (non-hydrogen) atoms. The Morgan fingerprint density at radius 1 is 0.724 bits per heavy atom. The summed E-state index contributed by atoms with van der Waals surface area (Å²) in [4.78, 5) is 0. The summed E-state index contributed by atoms with van der Waals surface area (Å²) in [7, 11) is 0. The highest BCUT2D eigenvalue weighted by Gasteiger charge is 2.15. The number of benzene rings is 3. The molecular weight excluding hydrogens is 446 g/mol. The van der Waals surface area contributed by atoms with Crippen LogP contribution in [0.3, 0.4) is 0 Å². The van der Waals surface area contributed by atoms with Crippen LogP contribution in [0.2, 0.25) is 20.1 Å². The van der Waals surface area contributed by atoms with E-state index in [1.165, 1.54) is 11.1 Å². The van der Waals surface area contributed by atoms with Gasteiger partial charge in [0.1, 0.15) is 0 Å². The molecule has 4 aromatic rings. The van der Waals surface area contributed by atoms with Crippen LogP contribution >= 0.6 is 46.4 Å². The van der Waals surface area contributed by atoms with Crippen molar-refractivity contribution in [2.75, 3.05) is 0 Å². The van der Waals surface area contributed by atoms with Crippen LogP contribution in [0, 0.1) is 6.92 Å². The Labute approximate surface area is 189 Å². The van der Waals surface area contributed by atoms with E-state index < -0.39 is 0 Å². The van der Waals surface area contributed by atoms with E-state index in [1.54, 1.807) is 12.1 Å². The summed E-state index contributed by atoms with van der Waals surface area (Å²) in [6.07, 6.45) is 0. The highest BCUT2D eigenvalue weighted by Crippen LogP contribution is 2.33. The van der Waals surface area contributed by atoms with Gasteiger partial charge >= 0.3 is 0 Å². The van der Waals surface area contributed by atoms with E-state index in [0.717, 1.165) is 22.5 Å². The standard InChI is InChI=1S/C23H16Cl4N2/c1-14-4-2-3-5-17(14)13-29-23(16-7-9-19(25)21(27)11-16)12-22(28-29)15-6-8-18(24)20(26)10-15/h2-12H,13H2,1H3. The molecule has 0 unspecified atom stereocenters. The fraction of sp³-hybridized carbons (Fsp3) is 0.0870. The summed E-state index contributed by atoms with van der Waals surface area (Å²) in [5, 5.41) is 6.88. The summed E-state index contributed by atoms with van der Waals surface area (Å²) in [6, 6.07) is 21.4. The van der Waals surface area contributed by atoms with Crippen LogP contribution in [0.4, 0.5) is 0 Å².